The van der Waals surface area contributed by atoms with Crippen LogP contribution in [-0.4, -0.2) is 109 Å². The van der Waals surface area contributed by atoms with Crippen LogP contribution in [0.15, 0.2) is 48.7 Å². The number of hydrogen-bond acceptors (Lipinski definition) is 7. The number of methoxy groups -OCH3 is 1. The lowest BCUT2D eigenvalue weighted by Gasteiger charge is -2.24. The Hall–Kier alpha value is -4.74. The second kappa shape index (κ2) is 12.2. The number of para-hydroxylation sites is 1. The number of carbonyl (C=O) groups excluding carboxylic acids is 4. The predicted octanol–water partition coefficient (Wildman–Crippen LogP) is 1.89. The molecule has 0 spiro atoms. The van der Waals surface area contributed by atoms with Gasteiger partial charge in [0.15, 0.2) is 11.5 Å². The maximum Gasteiger partial charge on any atom is 0.410 e. The van der Waals surface area contributed by atoms with Crippen molar-refractivity contribution in [3.8, 4) is 11.5 Å². The van der Waals surface area contributed by atoms with Gasteiger partial charge in [0.05, 0.1) is 39.3 Å². The van der Waals surface area contributed by atoms with Crippen LogP contribution in [0.4, 0.5) is 4.79 Å². The summed E-state index contributed by atoms with van der Waals surface area (Å²) >= 11 is 0. The molecule has 4 heterocycles. The maximum absolute atomic E-state index is 13.5. The van der Waals surface area contributed by atoms with Gasteiger partial charge in [-0.1, -0.05) is 24.3 Å². The molecule has 2 fully saturated rings. The molecule has 3 aliphatic rings. The summed E-state index contributed by atoms with van der Waals surface area (Å²) in [7, 11) is 1.57. The van der Waals surface area contributed by atoms with Gasteiger partial charge in [0.25, 0.3) is 0 Å². The molecule has 12 nitrogen and oxygen atoms in total. The smallest absolute Gasteiger partial charge is 0.410 e. The van der Waals surface area contributed by atoms with Crippen molar-refractivity contribution in [2.24, 2.45) is 0 Å². The molecule has 3 aliphatic heterocycles. The molecule has 226 valence electrons. The van der Waals surface area contributed by atoms with Crippen molar-refractivity contribution in [1.82, 2.24) is 25.0 Å². The van der Waals surface area contributed by atoms with Gasteiger partial charge in [-0.15, -0.1) is 0 Å². The van der Waals surface area contributed by atoms with Gasteiger partial charge >= 0.3 is 6.09 Å². The molecule has 2 N–H and O–H groups in total. The summed E-state index contributed by atoms with van der Waals surface area (Å²) in [4.78, 5) is 59.9. The minimum Gasteiger partial charge on any atom is -0.493 e. The van der Waals surface area contributed by atoms with Gasteiger partial charge in [-0.3, -0.25) is 19.3 Å². The van der Waals surface area contributed by atoms with E-state index in [9.17, 15) is 19.2 Å². The van der Waals surface area contributed by atoms with Crippen molar-refractivity contribution in [1.29, 1.82) is 0 Å². The first-order chi connectivity index (χ1) is 20.9. The lowest BCUT2D eigenvalue weighted by Crippen LogP contribution is -2.47. The van der Waals surface area contributed by atoms with E-state index in [0.717, 1.165) is 22.0 Å². The van der Waals surface area contributed by atoms with E-state index in [-0.39, 0.29) is 56.3 Å². The first-order valence-corrected chi connectivity index (χ1v) is 14.5. The van der Waals surface area contributed by atoms with E-state index in [4.69, 9.17) is 14.2 Å². The fourth-order valence-electron chi connectivity index (χ4n) is 6.07. The highest BCUT2D eigenvalue weighted by molar-refractivity contribution is 5.91. The summed E-state index contributed by atoms with van der Waals surface area (Å²) in [6.07, 6.45) is 2.01. The zero-order valence-electron chi connectivity index (χ0n) is 24.0. The van der Waals surface area contributed by atoms with Crippen LogP contribution in [0.25, 0.3) is 10.9 Å². The molecule has 0 aliphatic carbocycles. The summed E-state index contributed by atoms with van der Waals surface area (Å²) in [5.41, 5.74) is 2.71. The topological polar surface area (TPSA) is 134 Å². The Morgan fingerprint density at radius 2 is 1.86 bits per heavy atom. The number of benzene rings is 2. The quantitative estimate of drug-likeness (QED) is 0.464. The number of cyclic esters (lactones) is 1. The number of likely N-dealkylation sites (tertiary alicyclic amines) is 1. The van der Waals surface area contributed by atoms with Gasteiger partial charge in [0.1, 0.15) is 13.2 Å². The van der Waals surface area contributed by atoms with Crippen LogP contribution in [0, 0.1) is 0 Å². The van der Waals surface area contributed by atoms with Crippen LogP contribution in [0.3, 0.4) is 0 Å². The van der Waals surface area contributed by atoms with E-state index in [1.807, 2.05) is 48.7 Å². The minimum atomic E-state index is -0.502. The van der Waals surface area contributed by atoms with Crippen LogP contribution in [0.2, 0.25) is 0 Å². The van der Waals surface area contributed by atoms with Gasteiger partial charge in [-0.25, -0.2) is 4.79 Å². The zero-order valence-corrected chi connectivity index (χ0v) is 24.0. The fourth-order valence-corrected chi connectivity index (χ4v) is 6.07. The minimum absolute atomic E-state index is 0.0840. The second-order valence-electron chi connectivity index (χ2n) is 11.1. The van der Waals surface area contributed by atoms with Crippen molar-refractivity contribution >= 4 is 34.7 Å². The monoisotopic (exact) mass is 589 g/mol. The standard InChI is InChI=1S/C31H35N5O7/c1-41-26-8-7-20-13-27(26)42-11-4-9-34(29(38)14-21-15-32-24-6-3-2-5-22(21)24)18-28(37)33-25-17-36(16-23(20)25)30(39)19-35-10-12-43-31(35)40/h2-3,5-8,13,15,23,25,32H,4,9-12,14,16-19H2,1H3,(H,33,37)/t23-,25+/m1/s1. The number of aromatic nitrogens is 1. The molecule has 2 atom stereocenters. The highest BCUT2D eigenvalue weighted by atomic mass is 16.6. The van der Waals surface area contributed by atoms with Crippen LogP contribution in [-0.2, 0) is 25.5 Å². The number of carbonyl (C=O) groups is 4. The van der Waals surface area contributed by atoms with E-state index < -0.39 is 12.1 Å². The molecule has 2 saturated heterocycles. The van der Waals surface area contributed by atoms with Crippen LogP contribution in [0.5, 0.6) is 11.5 Å². The zero-order chi connectivity index (χ0) is 29.9. The van der Waals surface area contributed by atoms with Gasteiger partial charge in [0.2, 0.25) is 17.7 Å². The van der Waals surface area contributed by atoms with Crippen LogP contribution in [0.1, 0.15) is 23.5 Å². The maximum atomic E-state index is 13.5. The van der Waals surface area contributed by atoms with Crippen molar-refractivity contribution < 1.29 is 33.4 Å². The van der Waals surface area contributed by atoms with E-state index in [2.05, 4.69) is 10.3 Å². The first kappa shape index (κ1) is 28.4. The first-order valence-electron chi connectivity index (χ1n) is 14.5. The molecule has 2 aromatic carbocycles. The molecule has 2 bridgehead atoms. The molecule has 4 amide bonds. The van der Waals surface area contributed by atoms with Gasteiger partial charge in [-0.05, 0) is 35.7 Å². The lowest BCUT2D eigenvalue weighted by atomic mass is 9.94. The van der Waals surface area contributed by atoms with Crippen molar-refractivity contribution in [2.45, 2.75) is 24.8 Å². The Bertz CT molecular complexity index is 1540. The van der Waals surface area contributed by atoms with Crippen molar-refractivity contribution in [3.63, 3.8) is 0 Å². The van der Waals surface area contributed by atoms with E-state index in [0.29, 0.717) is 44.2 Å². The van der Waals surface area contributed by atoms with E-state index in [1.165, 1.54) is 4.90 Å². The summed E-state index contributed by atoms with van der Waals surface area (Å²) in [6, 6.07) is 13.0. The predicted molar refractivity (Wildman–Crippen MR) is 156 cm³/mol. The molecule has 0 radical (unpaired) electrons. The summed E-state index contributed by atoms with van der Waals surface area (Å²) in [5, 5.41) is 4.08. The molecule has 43 heavy (non-hydrogen) atoms. The third kappa shape index (κ3) is 6.08. The molecular formula is C31H35N5O7. The van der Waals surface area contributed by atoms with Gasteiger partial charge < -0.3 is 34.3 Å². The third-order valence-electron chi connectivity index (χ3n) is 8.34. The molecule has 6 rings (SSSR count). The Kier molecular flexibility index (Phi) is 8.08. The molecule has 12 heteroatoms. The number of aromatic amines is 1. The average molecular weight is 590 g/mol. The lowest BCUT2D eigenvalue weighted by molar-refractivity contribution is -0.136. The van der Waals surface area contributed by atoms with E-state index >= 15 is 0 Å². The van der Waals surface area contributed by atoms with E-state index in [1.54, 1.807) is 16.9 Å². The average Bonchev–Trinajstić information content (AvgIpc) is 3.73. The molecule has 1 aromatic heterocycles. The SMILES string of the molecule is COc1ccc2cc1OCCCN(C(=O)Cc1c[nH]c3ccccc13)CC(=O)N[C@H]1CN(C(=O)CN3CCOC3=O)C[C@H]21. The molecular weight excluding hydrogens is 554 g/mol. The molecule has 0 saturated carbocycles. The number of rotatable bonds is 5. The third-order valence-corrected chi connectivity index (χ3v) is 8.34. The van der Waals surface area contributed by atoms with Gasteiger partial charge in [0, 0.05) is 42.7 Å². The molecule has 0 unspecified atom stereocenters. The fraction of sp³-hybridized carbons (Fsp3) is 0.419. The number of nitrogens with one attached hydrogen (secondary N) is 2. The van der Waals surface area contributed by atoms with Crippen LogP contribution >= 0.6 is 0 Å². The number of hydrogen-bond donors (Lipinski definition) is 2. The van der Waals surface area contributed by atoms with Crippen LogP contribution < -0.4 is 14.8 Å². The van der Waals surface area contributed by atoms with Gasteiger partial charge in [-0.2, -0.15) is 0 Å². The normalized spacial score (nSPS) is 20.8. The molecule has 3 aromatic rings. The number of ether oxygens (including phenoxy) is 3. The summed E-state index contributed by atoms with van der Waals surface area (Å²) in [6.45, 7) is 1.70. The Morgan fingerprint density at radius 1 is 1.00 bits per heavy atom. The number of fused-ring (bicyclic) bond motifs is 5. The summed E-state index contributed by atoms with van der Waals surface area (Å²) < 4.78 is 16.6. The Morgan fingerprint density at radius 3 is 2.67 bits per heavy atom. The number of H-pyrrole nitrogens is 1. The van der Waals surface area contributed by atoms with Crippen molar-refractivity contribution in [3.05, 3.63) is 59.8 Å². The summed E-state index contributed by atoms with van der Waals surface area (Å²) in [5.74, 6) is 0.222. The second-order valence-corrected chi connectivity index (χ2v) is 11.1. The highest BCUT2D eigenvalue weighted by Crippen LogP contribution is 2.35. The highest BCUT2D eigenvalue weighted by Gasteiger charge is 2.39. The van der Waals surface area contributed by atoms with Crippen molar-refractivity contribution in [2.75, 3.05) is 59.6 Å². The largest absolute Gasteiger partial charge is 0.493 e. The Balaban J connectivity index is 1.22. The Labute approximate surface area is 248 Å². The number of nitrogens with zero attached hydrogens (tertiary/aromatic N) is 3. The number of amides is 4.